The molecule has 3 rings (SSSR count). The zero-order valence-corrected chi connectivity index (χ0v) is 12.3. The van der Waals surface area contributed by atoms with Crippen molar-refractivity contribution in [3.63, 3.8) is 0 Å². The molecule has 0 aromatic heterocycles. The van der Waals surface area contributed by atoms with Crippen LogP contribution in [0.5, 0.6) is 5.75 Å². The zero-order chi connectivity index (χ0) is 14.5. The Labute approximate surface area is 125 Å². The van der Waals surface area contributed by atoms with E-state index in [4.69, 9.17) is 9.47 Å². The highest BCUT2D eigenvalue weighted by Crippen LogP contribution is 2.24. The highest BCUT2D eigenvalue weighted by molar-refractivity contribution is 5.77. The number of hydrogen-bond acceptors (Lipinski definition) is 4. The number of rotatable bonds is 4. The molecule has 1 aromatic carbocycles. The summed E-state index contributed by atoms with van der Waals surface area (Å²) in [7, 11) is 0. The first-order valence-corrected chi connectivity index (χ1v) is 7.66. The van der Waals surface area contributed by atoms with E-state index in [1.807, 2.05) is 18.2 Å². The topological polar surface area (TPSA) is 42.0 Å². The second kappa shape index (κ2) is 6.80. The lowest BCUT2D eigenvalue weighted by Gasteiger charge is -2.26. The quantitative estimate of drug-likeness (QED) is 0.843. The van der Waals surface area contributed by atoms with Crippen LogP contribution in [0.2, 0.25) is 0 Å². The number of ether oxygens (including phenoxy) is 2. The number of nitrogens with zero attached hydrogens (tertiary/aromatic N) is 2. The first-order valence-electron chi connectivity index (χ1n) is 7.66. The first kappa shape index (κ1) is 14.2. The molecule has 0 bridgehead atoms. The first-order chi connectivity index (χ1) is 10.3. The van der Waals surface area contributed by atoms with E-state index in [-0.39, 0.29) is 12.5 Å². The van der Waals surface area contributed by atoms with Gasteiger partial charge in [-0.2, -0.15) is 0 Å². The molecule has 114 valence electrons. The Morgan fingerprint density at radius 2 is 1.90 bits per heavy atom. The fraction of sp³-hybridized carbons (Fsp3) is 0.562. The van der Waals surface area contributed by atoms with Crippen molar-refractivity contribution in [2.45, 2.75) is 12.8 Å². The van der Waals surface area contributed by atoms with Crippen molar-refractivity contribution < 1.29 is 14.3 Å². The molecule has 2 saturated heterocycles. The maximum absolute atomic E-state index is 12.0. The molecule has 0 saturated carbocycles. The molecule has 21 heavy (non-hydrogen) atoms. The van der Waals surface area contributed by atoms with Crippen LogP contribution in [0.1, 0.15) is 12.8 Å². The highest BCUT2D eigenvalue weighted by Gasteiger charge is 2.17. The van der Waals surface area contributed by atoms with Crippen LogP contribution in [-0.2, 0) is 9.53 Å². The van der Waals surface area contributed by atoms with Gasteiger partial charge in [0, 0.05) is 37.9 Å². The molecule has 2 aliphatic heterocycles. The van der Waals surface area contributed by atoms with Gasteiger partial charge in [-0.25, -0.2) is 0 Å². The molecule has 0 aliphatic carbocycles. The summed E-state index contributed by atoms with van der Waals surface area (Å²) in [5.41, 5.74) is 1.18. The van der Waals surface area contributed by atoms with Gasteiger partial charge >= 0.3 is 0 Å². The Kier molecular flexibility index (Phi) is 4.60. The Morgan fingerprint density at radius 1 is 1.14 bits per heavy atom. The van der Waals surface area contributed by atoms with E-state index in [0.717, 1.165) is 18.8 Å². The molecule has 1 aromatic rings. The summed E-state index contributed by atoms with van der Waals surface area (Å²) in [6.07, 6.45) is 2.50. The van der Waals surface area contributed by atoms with Crippen molar-refractivity contribution in [2.24, 2.45) is 0 Å². The van der Waals surface area contributed by atoms with Gasteiger partial charge in [0.05, 0.1) is 13.2 Å². The summed E-state index contributed by atoms with van der Waals surface area (Å²) in [5, 5.41) is 0. The maximum atomic E-state index is 12.0. The number of anilines is 1. The number of benzene rings is 1. The van der Waals surface area contributed by atoms with E-state index in [1.165, 1.54) is 18.5 Å². The van der Waals surface area contributed by atoms with Gasteiger partial charge in [0.25, 0.3) is 5.91 Å². The molecule has 1 amide bonds. The minimum Gasteiger partial charge on any atom is -0.484 e. The lowest BCUT2D eigenvalue weighted by Crippen LogP contribution is -2.42. The molecule has 2 fully saturated rings. The number of amides is 1. The number of morpholine rings is 1. The largest absolute Gasteiger partial charge is 0.484 e. The van der Waals surface area contributed by atoms with Crippen molar-refractivity contribution >= 4 is 11.6 Å². The lowest BCUT2D eigenvalue weighted by atomic mass is 10.3. The van der Waals surface area contributed by atoms with Gasteiger partial charge in [-0.05, 0) is 25.0 Å². The van der Waals surface area contributed by atoms with E-state index < -0.39 is 0 Å². The Morgan fingerprint density at radius 3 is 2.67 bits per heavy atom. The minimum absolute atomic E-state index is 0.0323. The predicted molar refractivity (Wildman–Crippen MR) is 80.8 cm³/mol. The number of hydrogen-bond donors (Lipinski definition) is 0. The number of carbonyl (C=O) groups excluding carboxylic acids is 1. The van der Waals surface area contributed by atoms with Gasteiger partial charge in [0.15, 0.2) is 6.61 Å². The average molecular weight is 290 g/mol. The molecule has 5 heteroatoms. The monoisotopic (exact) mass is 290 g/mol. The van der Waals surface area contributed by atoms with Crippen LogP contribution in [0, 0.1) is 0 Å². The fourth-order valence-corrected chi connectivity index (χ4v) is 2.79. The summed E-state index contributed by atoms with van der Waals surface area (Å²) >= 11 is 0. The van der Waals surface area contributed by atoms with Crippen LogP contribution in [-0.4, -0.2) is 56.8 Å². The van der Waals surface area contributed by atoms with Crippen molar-refractivity contribution in [1.82, 2.24) is 4.90 Å². The zero-order valence-electron chi connectivity index (χ0n) is 12.3. The molecule has 0 unspecified atom stereocenters. The summed E-state index contributed by atoms with van der Waals surface area (Å²) in [6.45, 7) is 4.88. The van der Waals surface area contributed by atoms with Crippen LogP contribution in [0.4, 0.5) is 5.69 Å². The molecule has 2 aliphatic rings. The smallest absolute Gasteiger partial charge is 0.260 e. The van der Waals surface area contributed by atoms with Crippen molar-refractivity contribution in [3.05, 3.63) is 24.3 Å². The molecule has 0 spiro atoms. The van der Waals surface area contributed by atoms with Gasteiger partial charge in [-0.3, -0.25) is 4.79 Å². The lowest BCUT2D eigenvalue weighted by molar-refractivity contribution is -0.137. The summed E-state index contributed by atoms with van der Waals surface area (Å²) in [4.78, 5) is 16.2. The van der Waals surface area contributed by atoms with Gasteiger partial charge < -0.3 is 19.3 Å². The van der Waals surface area contributed by atoms with Crippen molar-refractivity contribution in [2.75, 3.05) is 50.9 Å². The maximum Gasteiger partial charge on any atom is 0.260 e. The second-order valence-electron chi connectivity index (χ2n) is 5.47. The standard InChI is InChI=1S/C16H22N2O3/c19-16(18-8-10-20-11-9-18)13-21-15-5-3-4-14(12-15)17-6-1-2-7-17/h3-5,12H,1-2,6-11,13H2. The van der Waals surface area contributed by atoms with E-state index in [0.29, 0.717) is 26.3 Å². The summed E-state index contributed by atoms with van der Waals surface area (Å²) < 4.78 is 10.9. The fourth-order valence-electron chi connectivity index (χ4n) is 2.79. The summed E-state index contributed by atoms with van der Waals surface area (Å²) in [5.74, 6) is 0.797. The second-order valence-corrected chi connectivity index (χ2v) is 5.47. The molecule has 0 atom stereocenters. The minimum atomic E-state index is 0.0323. The van der Waals surface area contributed by atoms with Crippen LogP contribution >= 0.6 is 0 Å². The van der Waals surface area contributed by atoms with Gasteiger partial charge in [-0.15, -0.1) is 0 Å². The van der Waals surface area contributed by atoms with E-state index in [1.54, 1.807) is 4.90 Å². The van der Waals surface area contributed by atoms with Gasteiger partial charge in [-0.1, -0.05) is 6.07 Å². The molecular formula is C16H22N2O3. The molecule has 0 radical (unpaired) electrons. The number of carbonyl (C=O) groups is 1. The summed E-state index contributed by atoms with van der Waals surface area (Å²) in [6, 6.07) is 8.02. The Bertz CT molecular complexity index is 480. The van der Waals surface area contributed by atoms with Crippen LogP contribution in [0.3, 0.4) is 0 Å². The third-order valence-corrected chi connectivity index (χ3v) is 4.01. The third-order valence-electron chi connectivity index (χ3n) is 4.01. The SMILES string of the molecule is O=C(COc1cccc(N2CCCC2)c1)N1CCOCC1. The molecular weight excluding hydrogens is 268 g/mol. The van der Waals surface area contributed by atoms with Gasteiger partial charge in [0.1, 0.15) is 5.75 Å². The van der Waals surface area contributed by atoms with Crippen molar-refractivity contribution in [3.8, 4) is 5.75 Å². The third kappa shape index (κ3) is 3.67. The van der Waals surface area contributed by atoms with Crippen LogP contribution in [0.15, 0.2) is 24.3 Å². The Hall–Kier alpha value is -1.75. The molecule has 0 N–H and O–H groups in total. The van der Waals surface area contributed by atoms with Gasteiger partial charge in [0.2, 0.25) is 0 Å². The van der Waals surface area contributed by atoms with Crippen LogP contribution < -0.4 is 9.64 Å². The Balaban J connectivity index is 1.54. The van der Waals surface area contributed by atoms with E-state index >= 15 is 0 Å². The van der Waals surface area contributed by atoms with Crippen molar-refractivity contribution in [1.29, 1.82) is 0 Å². The van der Waals surface area contributed by atoms with E-state index in [2.05, 4.69) is 11.0 Å². The molecule has 5 nitrogen and oxygen atoms in total. The average Bonchev–Trinajstić information content (AvgIpc) is 3.08. The predicted octanol–water partition coefficient (Wildman–Crippen LogP) is 1.52. The molecule has 2 heterocycles. The normalized spacial score (nSPS) is 18.9. The highest BCUT2D eigenvalue weighted by atomic mass is 16.5. The van der Waals surface area contributed by atoms with E-state index in [9.17, 15) is 4.79 Å². The van der Waals surface area contributed by atoms with Crippen LogP contribution in [0.25, 0.3) is 0 Å².